The van der Waals surface area contributed by atoms with Crippen LogP contribution in [-0.4, -0.2) is 46.1 Å². The molecular weight excluding hydrogens is 787 g/mol. The van der Waals surface area contributed by atoms with Crippen LogP contribution in [0.1, 0.15) is 322 Å². The van der Waals surface area contributed by atoms with E-state index in [0.717, 1.165) is 32.1 Å². The van der Waals surface area contributed by atoms with Gasteiger partial charge in [-0.3, -0.25) is 4.79 Å². The van der Waals surface area contributed by atoms with Gasteiger partial charge in [0.25, 0.3) is 0 Å². The summed E-state index contributed by atoms with van der Waals surface area (Å²) in [5.74, 6) is -0.498. The molecular formula is C59H115NO4. The van der Waals surface area contributed by atoms with Crippen LogP contribution in [-0.2, 0) is 4.79 Å². The van der Waals surface area contributed by atoms with Crippen LogP contribution >= 0.6 is 0 Å². The van der Waals surface area contributed by atoms with Gasteiger partial charge in [-0.2, -0.15) is 0 Å². The number of aliphatic hydroxyl groups excluding tert-OH is 3. The zero-order valence-corrected chi connectivity index (χ0v) is 43.4. The molecule has 0 aromatic rings. The number of carbonyl (C=O) groups excluding carboxylic acids is 1. The molecule has 0 aromatic carbocycles. The number of hydrogen-bond donors (Lipinski definition) is 4. The summed E-state index contributed by atoms with van der Waals surface area (Å²) >= 11 is 0. The highest BCUT2D eigenvalue weighted by atomic mass is 16.3. The van der Waals surface area contributed by atoms with Gasteiger partial charge in [0.1, 0.15) is 6.10 Å². The van der Waals surface area contributed by atoms with Crippen molar-refractivity contribution in [2.75, 3.05) is 6.61 Å². The maximum absolute atomic E-state index is 12.6. The summed E-state index contributed by atoms with van der Waals surface area (Å²) < 4.78 is 0. The van der Waals surface area contributed by atoms with Gasteiger partial charge in [0.15, 0.2) is 0 Å². The molecule has 0 bridgehead atoms. The van der Waals surface area contributed by atoms with Gasteiger partial charge in [-0.1, -0.05) is 301 Å². The van der Waals surface area contributed by atoms with Crippen molar-refractivity contribution in [1.29, 1.82) is 0 Å². The van der Waals surface area contributed by atoms with Gasteiger partial charge in [0, 0.05) is 0 Å². The molecule has 0 saturated carbocycles. The lowest BCUT2D eigenvalue weighted by molar-refractivity contribution is -0.131. The zero-order valence-electron chi connectivity index (χ0n) is 43.4. The Balaban J connectivity index is 3.55. The highest BCUT2D eigenvalue weighted by molar-refractivity contribution is 5.80. The van der Waals surface area contributed by atoms with Crippen LogP contribution in [0.15, 0.2) is 24.3 Å². The molecule has 0 spiro atoms. The second-order valence-electron chi connectivity index (χ2n) is 20.2. The van der Waals surface area contributed by atoms with Gasteiger partial charge in [0.05, 0.1) is 18.8 Å². The first-order valence-electron chi connectivity index (χ1n) is 29.2. The molecule has 64 heavy (non-hydrogen) atoms. The van der Waals surface area contributed by atoms with Crippen LogP contribution in [0.4, 0.5) is 0 Å². The molecule has 0 saturated heterocycles. The third kappa shape index (κ3) is 48.8. The molecule has 3 unspecified atom stereocenters. The summed E-state index contributed by atoms with van der Waals surface area (Å²) in [6.07, 6.45) is 69.8. The van der Waals surface area contributed by atoms with E-state index in [2.05, 4.69) is 31.3 Å². The Hall–Kier alpha value is -1.17. The molecule has 1 amide bonds. The smallest absolute Gasteiger partial charge is 0.249 e. The van der Waals surface area contributed by atoms with Gasteiger partial charge >= 0.3 is 0 Å². The Kier molecular flexibility index (Phi) is 53.4. The van der Waals surface area contributed by atoms with Crippen LogP contribution in [0.25, 0.3) is 0 Å². The Bertz CT molecular complexity index is 951. The fourth-order valence-electron chi connectivity index (χ4n) is 9.24. The molecule has 0 fully saturated rings. The Morgan fingerprint density at radius 3 is 0.906 bits per heavy atom. The Morgan fingerprint density at radius 2 is 0.625 bits per heavy atom. The fourth-order valence-corrected chi connectivity index (χ4v) is 9.24. The minimum absolute atomic E-state index is 0.361. The van der Waals surface area contributed by atoms with Crippen molar-refractivity contribution in [1.82, 2.24) is 5.32 Å². The normalized spacial score (nSPS) is 13.4. The molecule has 0 rings (SSSR count). The quantitative estimate of drug-likeness (QED) is 0.0362. The van der Waals surface area contributed by atoms with E-state index in [1.807, 2.05) is 6.08 Å². The third-order valence-corrected chi connectivity index (χ3v) is 13.8. The van der Waals surface area contributed by atoms with Crippen molar-refractivity contribution in [3.8, 4) is 0 Å². The van der Waals surface area contributed by atoms with Crippen LogP contribution in [0, 0.1) is 0 Å². The molecule has 0 heterocycles. The molecule has 3 atom stereocenters. The molecule has 5 heteroatoms. The molecule has 4 N–H and O–H groups in total. The summed E-state index contributed by atoms with van der Waals surface area (Å²) in [6, 6.07) is -0.797. The van der Waals surface area contributed by atoms with Crippen LogP contribution < -0.4 is 5.32 Å². The minimum Gasteiger partial charge on any atom is -0.394 e. The first-order valence-corrected chi connectivity index (χ1v) is 29.2. The summed E-state index contributed by atoms with van der Waals surface area (Å²) in [5, 5.41) is 33.4. The standard InChI is InChI=1S/C59H115NO4/c1-3-5-7-9-11-13-15-17-19-21-23-25-27-28-29-30-32-34-36-38-40-42-44-46-48-50-52-54-58(63)59(64)60-56(55-61)57(62)53-51-49-47-45-43-41-39-37-35-33-31-26-24-22-20-18-16-14-12-10-8-6-4-2/h28-29,51,53,56-58,61-63H,3-27,30-50,52,54-55H2,1-2H3,(H,60,64)/b29-28-,53-51+. The van der Waals surface area contributed by atoms with Crippen molar-refractivity contribution in [2.24, 2.45) is 0 Å². The average molecular weight is 903 g/mol. The van der Waals surface area contributed by atoms with Gasteiger partial charge in [-0.05, 0) is 44.9 Å². The molecule has 380 valence electrons. The SMILES string of the molecule is CCCCCCCCCCCCCC/C=C\CCCCCCCCCCCCCC(O)C(=O)NC(CO)C(O)/C=C/CCCCCCCCCCCCCCCCCCCCCCC. The van der Waals surface area contributed by atoms with E-state index in [0.29, 0.717) is 6.42 Å². The summed E-state index contributed by atoms with van der Waals surface area (Å²) in [4.78, 5) is 12.6. The summed E-state index contributed by atoms with van der Waals surface area (Å²) in [5.41, 5.74) is 0. The van der Waals surface area contributed by atoms with Crippen LogP contribution in [0.3, 0.4) is 0 Å². The molecule has 0 aliphatic carbocycles. The van der Waals surface area contributed by atoms with Crippen molar-refractivity contribution < 1.29 is 20.1 Å². The van der Waals surface area contributed by atoms with Crippen molar-refractivity contribution in [3.63, 3.8) is 0 Å². The fraction of sp³-hybridized carbons (Fsp3) is 0.915. The number of nitrogens with one attached hydrogen (secondary N) is 1. The van der Waals surface area contributed by atoms with E-state index >= 15 is 0 Å². The summed E-state index contributed by atoms with van der Waals surface area (Å²) in [6.45, 7) is 4.22. The average Bonchev–Trinajstić information content (AvgIpc) is 3.30. The third-order valence-electron chi connectivity index (χ3n) is 13.8. The summed E-state index contributed by atoms with van der Waals surface area (Å²) in [7, 11) is 0. The maximum Gasteiger partial charge on any atom is 0.249 e. The van der Waals surface area contributed by atoms with Crippen molar-refractivity contribution >= 4 is 5.91 Å². The second-order valence-corrected chi connectivity index (χ2v) is 20.2. The first-order chi connectivity index (χ1) is 31.6. The van der Waals surface area contributed by atoms with Crippen LogP contribution in [0.2, 0.25) is 0 Å². The molecule has 0 aliphatic rings. The van der Waals surface area contributed by atoms with Gasteiger partial charge in [0.2, 0.25) is 5.91 Å². The lowest BCUT2D eigenvalue weighted by Crippen LogP contribution is -2.48. The number of carbonyl (C=O) groups is 1. The number of aliphatic hydroxyl groups is 3. The lowest BCUT2D eigenvalue weighted by atomic mass is 10.0. The number of amides is 1. The van der Waals surface area contributed by atoms with E-state index < -0.39 is 24.2 Å². The number of allylic oxidation sites excluding steroid dienone is 3. The van der Waals surface area contributed by atoms with E-state index in [-0.39, 0.29) is 6.61 Å². The number of unbranched alkanes of at least 4 members (excludes halogenated alkanes) is 44. The highest BCUT2D eigenvalue weighted by Crippen LogP contribution is 2.18. The molecule has 0 aliphatic heterocycles. The molecule has 0 aromatic heterocycles. The van der Waals surface area contributed by atoms with Gasteiger partial charge < -0.3 is 20.6 Å². The monoisotopic (exact) mass is 902 g/mol. The topological polar surface area (TPSA) is 89.8 Å². The van der Waals surface area contributed by atoms with Crippen molar-refractivity contribution in [2.45, 2.75) is 340 Å². The van der Waals surface area contributed by atoms with Crippen LogP contribution in [0.5, 0.6) is 0 Å². The molecule has 0 radical (unpaired) electrons. The largest absolute Gasteiger partial charge is 0.394 e. The van der Waals surface area contributed by atoms with Crippen molar-refractivity contribution in [3.05, 3.63) is 24.3 Å². The van der Waals surface area contributed by atoms with Gasteiger partial charge in [-0.25, -0.2) is 0 Å². The predicted molar refractivity (Wildman–Crippen MR) is 282 cm³/mol. The van der Waals surface area contributed by atoms with E-state index in [4.69, 9.17) is 0 Å². The van der Waals surface area contributed by atoms with E-state index in [1.165, 1.54) is 270 Å². The lowest BCUT2D eigenvalue weighted by Gasteiger charge is -2.21. The van der Waals surface area contributed by atoms with E-state index in [9.17, 15) is 20.1 Å². The Labute approximate surface area is 401 Å². The predicted octanol–water partition coefficient (Wildman–Crippen LogP) is 18.1. The Morgan fingerprint density at radius 1 is 0.375 bits per heavy atom. The maximum atomic E-state index is 12.6. The molecule has 5 nitrogen and oxygen atoms in total. The number of rotatable bonds is 54. The zero-order chi connectivity index (χ0) is 46.5. The first kappa shape index (κ1) is 62.8. The van der Waals surface area contributed by atoms with Gasteiger partial charge in [-0.15, -0.1) is 0 Å². The second kappa shape index (κ2) is 54.4. The van der Waals surface area contributed by atoms with E-state index in [1.54, 1.807) is 6.08 Å². The highest BCUT2D eigenvalue weighted by Gasteiger charge is 2.22. The minimum atomic E-state index is -1.10. The number of hydrogen-bond acceptors (Lipinski definition) is 4.